The third-order valence-corrected chi connectivity index (χ3v) is 6.02. The van der Waals surface area contributed by atoms with Crippen molar-refractivity contribution < 1.29 is 0 Å². The highest BCUT2D eigenvalue weighted by Gasteiger charge is 2.29. The maximum absolute atomic E-state index is 6.41. The van der Waals surface area contributed by atoms with Gasteiger partial charge in [-0.25, -0.2) is 0 Å². The Morgan fingerprint density at radius 2 is 1.83 bits per heavy atom. The van der Waals surface area contributed by atoms with Crippen molar-refractivity contribution in [1.29, 1.82) is 0 Å². The van der Waals surface area contributed by atoms with Gasteiger partial charge in [0.25, 0.3) is 0 Å². The minimum absolute atomic E-state index is 0.202. The van der Waals surface area contributed by atoms with Crippen LogP contribution in [-0.2, 0) is 0 Å². The fourth-order valence-electron chi connectivity index (χ4n) is 2.76. The molecule has 120 valence electrons. The molecule has 2 aromatic heterocycles. The van der Waals surface area contributed by atoms with Crippen molar-refractivity contribution in [2.75, 3.05) is 5.01 Å². The quantitative estimate of drug-likeness (QED) is 0.512. The van der Waals surface area contributed by atoms with Crippen LogP contribution in [0.1, 0.15) is 22.2 Å². The molecule has 1 atom stereocenters. The summed E-state index contributed by atoms with van der Waals surface area (Å²) in [5.74, 6) is 0. The van der Waals surface area contributed by atoms with Crippen LogP contribution >= 0.6 is 34.3 Å². The van der Waals surface area contributed by atoms with E-state index in [4.69, 9.17) is 16.7 Å². The summed E-state index contributed by atoms with van der Waals surface area (Å²) in [4.78, 5) is 2.54. The van der Waals surface area contributed by atoms with Crippen molar-refractivity contribution in [2.45, 2.75) is 12.5 Å². The van der Waals surface area contributed by atoms with Gasteiger partial charge in [-0.2, -0.15) is 5.10 Å². The number of hydrogen-bond acceptors (Lipinski definition) is 4. The average Bonchev–Trinajstić information content (AvgIpc) is 3.34. The van der Waals surface area contributed by atoms with E-state index in [1.165, 1.54) is 9.75 Å². The summed E-state index contributed by atoms with van der Waals surface area (Å²) in [5.41, 5.74) is 2.03. The number of nitrogens with zero attached hydrogens (tertiary/aromatic N) is 2. The molecule has 0 bridgehead atoms. The third-order valence-electron chi connectivity index (χ3n) is 3.89. The monoisotopic (exact) mass is 370 g/mol. The molecular weight excluding hydrogens is 356 g/mol. The number of hydrazone groups is 1. The van der Waals surface area contributed by atoms with Gasteiger partial charge in [0.1, 0.15) is 0 Å². The molecule has 0 amide bonds. The number of rotatable bonds is 4. The second-order valence-corrected chi connectivity index (χ2v) is 7.84. The Morgan fingerprint density at radius 3 is 2.58 bits per heavy atom. The lowest BCUT2D eigenvalue weighted by Gasteiger charge is -2.23. The molecule has 0 N–H and O–H groups in total. The molecule has 24 heavy (non-hydrogen) atoms. The Morgan fingerprint density at radius 1 is 1.00 bits per heavy atom. The van der Waals surface area contributed by atoms with Crippen molar-refractivity contribution >= 4 is 51.7 Å². The molecule has 3 aromatic rings. The third kappa shape index (κ3) is 3.18. The number of benzene rings is 1. The smallest absolute Gasteiger partial charge is 0.0924 e. The van der Waals surface area contributed by atoms with E-state index in [1.54, 1.807) is 22.7 Å². The lowest BCUT2D eigenvalue weighted by atomic mass is 10.1. The second kappa shape index (κ2) is 6.93. The van der Waals surface area contributed by atoms with Crippen molar-refractivity contribution in [2.24, 2.45) is 5.10 Å². The topological polar surface area (TPSA) is 15.6 Å². The predicted molar refractivity (Wildman–Crippen MR) is 106 cm³/mol. The molecule has 0 fully saturated rings. The van der Waals surface area contributed by atoms with Crippen LogP contribution in [-0.4, -0.2) is 5.71 Å². The highest BCUT2D eigenvalue weighted by molar-refractivity contribution is 7.10. The molecule has 0 radical (unpaired) electrons. The Labute approximate surface area is 154 Å². The predicted octanol–water partition coefficient (Wildman–Crippen LogP) is 6.48. The molecule has 1 aliphatic rings. The van der Waals surface area contributed by atoms with Crippen LogP contribution < -0.4 is 5.01 Å². The van der Waals surface area contributed by atoms with Gasteiger partial charge in [0.05, 0.1) is 22.5 Å². The van der Waals surface area contributed by atoms with Gasteiger partial charge in [-0.1, -0.05) is 35.9 Å². The summed E-state index contributed by atoms with van der Waals surface area (Å²) >= 11 is 9.91. The number of thiophene rings is 2. The Balaban J connectivity index is 1.68. The highest BCUT2D eigenvalue weighted by atomic mass is 35.5. The maximum Gasteiger partial charge on any atom is 0.0924 e. The first kappa shape index (κ1) is 15.6. The van der Waals surface area contributed by atoms with Crippen LogP contribution in [0.3, 0.4) is 0 Å². The molecule has 0 saturated heterocycles. The zero-order chi connectivity index (χ0) is 16.4. The molecule has 3 heterocycles. The van der Waals surface area contributed by atoms with Crippen LogP contribution in [0.25, 0.3) is 6.08 Å². The Kier molecular flexibility index (Phi) is 4.52. The van der Waals surface area contributed by atoms with E-state index in [9.17, 15) is 0 Å². The zero-order valence-electron chi connectivity index (χ0n) is 12.8. The van der Waals surface area contributed by atoms with Crippen LogP contribution in [0.4, 0.5) is 5.69 Å². The lowest BCUT2D eigenvalue weighted by Crippen LogP contribution is -2.17. The first-order chi connectivity index (χ1) is 11.8. The van der Waals surface area contributed by atoms with Crippen molar-refractivity contribution in [3.63, 3.8) is 0 Å². The largest absolute Gasteiger partial charge is 0.255 e. The van der Waals surface area contributed by atoms with Gasteiger partial charge in [0.15, 0.2) is 0 Å². The van der Waals surface area contributed by atoms with Gasteiger partial charge < -0.3 is 0 Å². The van der Waals surface area contributed by atoms with Crippen LogP contribution in [0.5, 0.6) is 0 Å². The normalized spacial score (nSPS) is 17.6. The molecule has 0 unspecified atom stereocenters. The summed E-state index contributed by atoms with van der Waals surface area (Å²) in [6.45, 7) is 0. The summed E-state index contributed by atoms with van der Waals surface area (Å²) in [6, 6.07) is 16.5. The second-order valence-electron chi connectivity index (χ2n) is 5.47. The average molecular weight is 371 g/mol. The number of halogens is 1. The standard InChI is InChI=1S/C19H15ClN2S2/c20-16-6-1-2-7-17(16)22-18(19-8-4-12-24-19)13-14(21-22)9-10-15-5-3-11-23-15/h1-12,18H,13H2/b10-9+/t18-/m1/s1. The number of anilines is 1. The van der Waals surface area contributed by atoms with Gasteiger partial charge in [-0.05, 0) is 47.2 Å². The van der Waals surface area contributed by atoms with Gasteiger partial charge in [-0.3, -0.25) is 5.01 Å². The van der Waals surface area contributed by atoms with Crippen molar-refractivity contribution in [3.8, 4) is 0 Å². The van der Waals surface area contributed by atoms with Gasteiger partial charge in [-0.15, -0.1) is 22.7 Å². The van der Waals surface area contributed by atoms with Crippen LogP contribution in [0.2, 0.25) is 5.02 Å². The molecule has 1 aromatic carbocycles. The number of allylic oxidation sites excluding steroid dienone is 1. The minimum Gasteiger partial charge on any atom is -0.255 e. The molecule has 0 spiro atoms. The van der Waals surface area contributed by atoms with Gasteiger partial charge >= 0.3 is 0 Å². The lowest BCUT2D eigenvalue weighted by molar-refractivity contribution is 0.722. The molecular formula is C19H15ClN2S2. The minimum atomic E-state index is 0.202. The summed E-state index contributed by atoms with van der Waals surface area (Å²) < 4.78 is 0. The summed E-state index contributed by atoms with van der Waals surface area (Å²) in [6.07, 6.45) is 5.13. The molecule has 0 aliphatic carbocycles. The fraction of sp³-hybridized carbons (Fsp3) is 0.105. The van der Waals surface area contributed by atoms with Gasteiger partial charge in [0, 0.05) is 16.2 Å². The maximum atomic E-state index is 6.41. The zero-order valence-corrected chi connectivity index (χ0v) is 15.2. The van der Waals surface area contributed by atoms with E-state index < -0.39 is 0 Å². The fourth-order valence-corrected chi connectivity index (χ4v) is 4.41. The highest BCUT2D eigenvalue weighted by Crippen LogP contribution is 2.40. The van der Waals surface area contributed by atoms with E-state index in [0.717, 1.165) is 22.8 Å². The first-order valence-corrected chi connectivity index (χ1v) is 9.81. The van der Waals surface area contributed by atoms with Gasteiger partial charge in [0.2, 0.25) is 0 Å². The molecule has 0 saturated carbocycles. The van der Waals surface area contributed by atoms with E-state index >= 15 is 0 Å². The number of para-hydroxylation sites is 1. The molecule has 2 nitrogen and oxygen atoms in total. The Bertz CT molecular complexity index is 867. The summed E-state index contributed by atoms with van der Waals surface area (Å²) in [7, 11) is 0. The van der Waals surface area contributed by atoms with Crippen molar-refractivity contribution in [3.05, 3.63) is 80.1 Å². The Hall–Kier alpha value is -1.88. The van der Waals surface area contributed by atoms with Crippen LogP contribution in [0.15, 0.2) is 70.5 Å². The first-order valence-electron chi connectivity index (χ1n) is 7.67. The summed E-state index contributed by atoms with van der Waals surface area (Å²) in [5, 5.41) is 11.8. The SMILES string of the molecule is Clc1ccccc1N1N=C(/C=C/c2cccs2)C[C@@H]1c1cccs1. The van der Waals surface area contributed by atoms with Crippen molar-refractivity contribution in [1.82, 2.24) is 0 Å². The molecule has 1 aliphatic heterocycles. The van der Waals surface area contributed by atoms with E-state index in [1.807, 2.05) is 24.3 Å². The number of hydrogen-bond donors (Lipinski definition) is 0. The molecule has 5 heteroatoms. The van der Waals surface area contributed by atoms with E-state index in [0.29, 0.717) is 0 Å². The van der Waals surface area contributed by atoms with Crippen LogP contribution in [0, 0.1) is 0 Å². The molecule has 4 rings (SSSR count). The van der Waals surface area contributed by atoms with E-state index in [2.05, 4.69) is 52.2 Å². The van der Waals surface area contributed by atoms with E-state index in [-0.39, 0.29) is 6.04 Å².